The third kappa shape index (κ3) is 2.21. The lowest BCUT2D eigenvalue weighted by Crippen LogP contribution is -2.18. The van der Waals surface area contributed by atoms with Crippen molar-refractivity contribution >= 4 is 27.7 Å². The number of carbonyl (C=O) groups excluding carboxylic acids is 2. The Labute approximate surface area is 99.5 Å². The quantitative estimate of drug-likeness (QED) is 0.485. The van der Waals surface area contributed by atoms with Crippen molar-refractivity contribution in [1.29, 1.82) is 0 Å². The third-order valence-electron chi connectivity index (χ3n) is 1.87. The zero-order valence-corrected chi connectivity index (χ0v) is 10.1. The molecular weight excluding hydrogens is 283 g/mol. The van der Waals surface area contributed by atoms with Crippen LogP contribution >= 0.6 is 15.9 Å². The summed E-state index contributed by atoms with van der Waals surface area (Å²) in [7, 11) is 2.32. The lowest BCUT2D eigenvalue weighted by molar-refractivity contribution is -0.135. The summed E-state index contributed by atoms with van der Waals surface area (Å²) in [6, 6.07) is 2.76. The normalized spacial score (nSPS) is 9.75. The molecule has 1 rings (SSSR count). The summed E-state index contributed by atoms with van der Waals surface area (Å²) >= 11 is 2.91. The van der Waals surface area contributed by atoms with Crippen molar-refractivity contribution in [3.8, 4) is 5.75 Å². The van der Waals surface area contributed by atoms with Gasteiger partial charge in [-0.3, -0.25) is 4.79 Å². The van der Waals surface area contributed by atoms with Crippen molar-refractivity contribution in [1.82, 2.24) is 0 Å². The van der Waals surface area contributed by atoms with Gasteiger partial charge in [-0.2, -0.15) is 0 Å². The Morgan fingerprint density at radius 3 is 2.44 bits per heavy atom. The SMILES string of the molecule is COC(=O)C(=O)c1c(OC)ccc(Br)c1F. The Balaban J connectivity index is 3.35. The Morgan fingerprint density at radius 1 is 1.31 bits per heavy atom. The van der Waals surface area contributed by atoms with Crippen LogP contribution in [0.4, 0.5) is 4.39 Å². The van der Waals surface area contributed by atoms with Crippen LogP contribution < -0.4 is 4.74 Å². The maximum absolute atomic E-state index is 13.6. The molecule has 0 N–H and O–H groups in total. The minimum Gasteiger partial charge on any atom is -0.496 e. The first-order valence-corrected chi connectivity index (χ1v) is 4.96. The summed E-state index contributed by atoms with van der Waals surface area (Å²) < 4.78 is 22.8. The number of ketones is 1. The van der Waals surface area contributed by atoms with Gasteiger partial charge in [-0.1, -0.05) is 0 Å². The summed E-state index contributed by atoms with van der Waals surface area (Å²) in [6.07, 6.45) is 0. The van der Waals surface area contributed by atoms with Gasteiger partial charge in [0.05, 0.1) is 18.7 Å². The van der Waals surface area contributed by atoms with Crippen LogP contribution in [-0.4, -0.2) is 26.0 Å². The second kappa shape index (κ2) is 5.07. The van der Waals surface area contributed by atoms with E-state index in [4.69, 9.17) is 4.74 Å². The average molecular weight is 291 g/mol. The summed E-state index contributed by atoms with van der Waals surface area (Å²) in [5.74, 6) is -3.10. The minimum atomic E-state index is -1.14. The Morgan fingerprint density at radius 2 is 1.94 bits per heavy atom. The van der Waals surface area contributed by atoms with E-state index in [1.54, 1.807) is 0 Å². The molecule has 0 atom stereocenters. The van der Waals surface area contributed by atoms with E-state index in [1.165, 1.54) is 19.2 Å². The molecule has 6 heteroatoms. The van der Waals surface area contributed by atoms with Gasteiger partial charge in [-0.25, -0.2) is 9.18 Å². The largest absolute Gasteiger partial charge is 0.496 e. The number of esters is 1. The van der Waals surface area contributed by atoms with Crippen molar-refractivity contribution in [3.05, 3.63) is 28.0 Å². The van der Waals surface area contributed by atoms with Gasteiger partial charge >= 0.3 is 5.97 Å². The lowest BCUT2D eigenvalue weighted by Gasteiger charge is -2.08. The van der Waals surface area contributed by atoms with Gasteiger partial charge in [0.1, 0.15) is 11.3 Å². The standard InChI is InChI=1S/C10H8BrFO4/c1-15-6-4-3-5(11)8(12)7(6)9(13)10(14)16-2/h3-4H,1-2H3. The molecule has 0 aliphatic carbocycles. The maximum atomic E-state index is 13.6. The highest BCUT2D eigenvalue weighted by molar-refractivity contribution is 9.10. The topological polar surface area (TPSA) is 52.6 Å². The highest BCUT2D eigenvalue weighted by atomic mass is 79.9. The summed E-state index contributed by atoms with van der Waals surface area (Å²) in [5.41, 5.74) is -0.441. The number of rotatable bonds is 3. The average Bonchev–Trinajstić information content (AvgIpc) is 2.30. The van der Waals surface area contributed by atoms with E-state index in [1.807, 2.05) is 0 Å². The molecule has 86 valence electrons. The monoisotopic (exact) mass is 290 g/mol. The van der Waals surface area contributed by atoms with Crippen molar-refractivity contribution in [2.75, 3.05) is 14.2 Å². The summed E-state index contributed by atoms with van der Waals surface area (Å²) in [6.45, 7) is 0. The number of ether oxygens (including phenoxy) is 2. The maximum Gasteiger partial charge on any atom is 0.379 e. The van der Waals surface area contributed by atoms with Crippen molar-refractivity contribution < 1.29 is 23.5 Å². The van der Waals surface area contributed by atoms with Crippen LogP contribution in [0.25, 0.3) is 0 Å². The van der Waals surface area contributed by atoms with E-state index >= 15 is 0 Å². The van der Waals surface area contributed by atoms with Gasteiger partial charge in [-0.05, 0) is 28.1 Å². The molecule has 0 saturated heterocycles. The summed E-state index contributed by atoms with van der Waals surface area (Å²) in [4.78, 5) is 22.5. The van der Waals surface area contributed by atoms with Crippen molar-refractivity contribution in [3.63, 3.8) is 0 Å². The molecule has 0 unspecified atom stereocenters. The van der Waals surface area contributed by atoms with Crippen LogP contribution in [0.15, 0.2) is 16.6 Å². The molecule has 0 aromatic heterocycles. The highest BCUT2D eigenvalue weighted by Gasteiger charge is 2.26. The van der Waals surface area contributed by atoms with Crippen LogP contribution in [0, 0.1) is 5.82 Å². The van der Waals surface area contributed by atoms with E-state index in [0.29, 0.717) is 0 Å². The van der Waals surface area contributed by atoms with Crippen LogP contribution in [-0.2, 0) is 9.53 Å². The molecule has 0 fully saturated rings. The van der Waals surface area contributed by atoms with E-state index in [2.05, 4.69) is 20.7 Å². The minimum absolute atomic E-state index is 0.0175. The molecule has 0 radical (unpaired) electrons. The van der Waals surface area contributed by atoms with Crippen molar-refractivity contribution in [2.45, 2.75) is 0 Å². The third-order valence-corrected chi connectivity index (χ3v) is 2.49. The number of hydrogen-bond acceptors (Lipinski definition) is 4. The van der Waals surface area contributed by atoms with E-state index in [-0.39, 0.29) is 10.2 Å². The number of Topliss-reactive ketones (excluding diaryl/α,β-unsaturated/α-hetero) is 1. The number of benzene rings is 1. The van der Waals surface area contributed by atoms with Gasteiger partial charge in [0.15, 0.2) is 5.82 Å². The Bertz CT molecular complexity index is 445. The molecular formula is C10H8BrFO4. The smallest absolute Gasteiger partial charge is 0.379 e. The number of hydrogen-bond donors (Lipinski definition) is 0. The van der Waals surface area contributed by atoms with Gasteiger partial charge in [-0.15, -0.1) is 0 Å². The molecule has 0 spiro atoms. The molecule has 0 aliphatic heterocycles. The van der Waals surface area contributed by atoms with Gasteiger partial charge in [0.2, 0.25) is 0 Å². The summed E-state index contributed by atoms with van der Waals surface area (Å²) in [5, 5.41) is 0. The number of methoxy groups -OCH3 is 2. The Hall–Kier alpha value is -1.43. The molecule has 4 nitrogen and oxygen atoms in total. The number of halogens is 2. The molecule has 0 saturated carbocycles. The molecule has 16 heavy (non-hydrogen) atoms. The predicted octanol–water partition coefficient (Wildman–Crippen LogP) is 1.95. The van der Waals surface area contributed by atoms with Crippen LogP contribution in [0.2, 0.25) is 0 Å². The Kier molecular flexibility index (Phi) is 4.00. The van der Waals surface area contributed by atoms with E-state index < -0.39 is 23.1 Å². The predicted molar refractivity (Wildman–Crippen MR) is 57.0 cm³/mol. The fraction of sp³-hybridized carbons (Fsp3) is 0.200. The van der Waals surface area contributed by atoms with Gasteiger partial charge < -0.3 is 9.47 Å². The van der Waals surface area contributed by atoms with E-state index in [0.717, 1.165) is 7.11 Å². The second-order valence-corrected chi connectivity index (χ2v) is 3.61. The van der Waals surface area contributed by atoms with Crippen LogP contribution in [0.1, 0.15) is 10.4 Å². The second-order valence-electron chi connectivity index (χ2n) is 2.76. The van der Waals surface area contributed by atoms with Gasteiger partial charge in [0.25, 0.3) is 5.78 Å². The first kappa shape index (κ1) is 12.6. The molecule has 0 bridgehead atoms. The fourth-order valence-electron chi connectivity index (χ4n) is 1.11. The van der Waals surface area contributed by atoms with Crippen LogP contribution in [0.5, 0.6) is 5.75 Å². The highest BCUT2D eigenvalue weighted by Crippen LogP contribution is 2.28. The van der Waals surface area contributed by atoms with Crippen LogP contribution in [0.3, 0.4) is 0 Å². The molecule has 1 aromatic rings. The first-order valence-electron chi connectivity index (χ1n) is 4.17. The molecule has 1 aromatic carbocycles. The van der Waals surface area contributed by atoms with Gasteiger partial charge in [0, 0.05) is 0 Å². The zero-order chi connectivity index (χ0) is 12.3. The molecule has 0 amide bonds. The first-order chi connectivity index (χ1) is 7.52. The molecule has 0 heterocycles. The van der Waals surface area contributed by atoms with Crippen molar-refractivity contribution in [2.24, 2.45) is 0 Å². The zero-order valence-electron chi connectivity index (χ0n) is 8.54. The number of carbonyl (C=O) groups is 2. The fourth-order valence-corrected chi connectivity index (χ4v) is 1.44. The molecule has 0 aliphatic rings. The van der Waals surface area contributed by atoms with E-state index in [9.17, 15) is 14.0 Å². The lowest BCUT2D eigenvalue weighted by atomic mass is 10.1.